The highest BCUT2D eigenvalue weighted by Crippen LogP contribution is 2.13. The van der Waals surface area contributed by atoms with Crippen molar-refractivity contribution in [3.8, 4) is 0 Å². The van der Waals surface area contributed by atoms with Crippen LogP contribution in [0, 0.1) is 13.8 Å². The quantitative estimate of drug-likeness (QED) is 0.898. The Labute approximate surface area is 134 Å². The van der Waals surface area contributed by atoms with E-state index >= 15 is 0 Å². The maximum Gasteiger partial charge on any atom is 0.220 e. The predicted molar refractivity (Wildman–Crippen MR) is 90.1 cm³/mol. The van der Waals surface area contributed by atoms with Crippen molar-refractivity contribution >= 4 is 18.3 Å². The standard InChI is InChI=1S/C17H26N2O.ClH/c1-12-6-7-15(13(2)11-12)8-9-17(20)19-16-5-4-10-18-14(16)3;/h6-7,11,14,16,18H,4-5,8-10H2,1-3H3,(H,19,20);1H. The molecule has 118 valence electrons. The van der Waals surface area contributed by atoms with Gasteiger partial charge in [0.2, 0.25) is 5.91 Å². The molecule has 0 aromatic heterocycles. The molecule has 2 unspecified atom stereocenters. The third-order valence-electron chi connectivity index (χ3n) is 4.23. The van der Waals surface area contributed by atoms with Crippen LogP contribution in [0.3, 0.4) is 0 Å². The largest absolute Gasteiger partial charge is 0.352 e. The second-order valence-corrected chi connectivity index (χ2v) is 5.99. The molecular formula is C17H27ClN2O. The van der Waals surface area contributed by atoms with Gasteiger partial charge in [0, 0.05) is 18.5 Å². The zero-order chi connectivity index (χ0) is 14.5. The number of aryl methyl sites for hydroxylation is 3. The molecule has 0 radical (unpaired) electrons. The van der Waals surface area contributed by atoms with Crippen molar-refractivity contribution in [3.63, 3.8) is 0 Å². The molecule has 21 heavy (non-hydrogen) atoms. The summed E-state index contributed by atoms with van der Waals surface area (Å²) in [5.41, 5.74) is 3.84. The van der Waals surface area contributed by atoms with Crippen LogP contribution >= 0.6 is 12.4 Å². The minimum absolute atomic E-state index is 0. The first kappa shape index (κ1) is 18.0. The highest BCUT2D eigenvalue weighted by atomic mass is 35.5. The number of hydrogen-bond acceptors (Lipinski definition) is 2. The summed E-state index contributed by atoms with van der Waals surface area (Å²) in [7, 11) is 0. The number of piperidine rings is 1. The number of nitrogens with one attached hydrogen (secondary N) is 2. The van der Waals surface area contributed by atoms with Gasteiger partial charge in [-0.05, 0) is 57.7 Å². The first-order valence-electron chi connectivity index (χ1n) is 7.65. The topological polar surface area (TPSA) is 41.1 Å². The molecule has 0 spiro atoms. The average Bonchev–Trinajstić information content (AvgIpc) is 2.40. The van der Waals surface area contributed by atoms with Crippen molar-refractivity contribution in [2.75, 3.05) is 6.54 Å². The van der Waals surface area contributed by atoms with Crippen LogP contribution in [-0.4, -0.2) is 24.5 Å². The lowest BCUT2D eigenvalue weighted by molar-refractivity contribution is -0.122. The molecule has 1 fully saturated rings. The Hall–Kier alpha value is -1.06. The van der Waals surface area contributed by atoms with Gasteiger partial charge in [-0.15, -0.1) is 12.4 Å². The minimum atomic E-state index is 0. The van der Waals surface area contributed by atoms with Crippen molar-refractivity contribution in [2.45, 2.75) is 58.5 Å². The molecule has 0 aliphatic carbocycles. The maximum atomic E-state index is 12.1. The number of hydrogen-bond donors (Lipinski definition) is 2. The van der Waals surface area contributed by atoms with Crippen LogP contribution in [0.15, 0.2) is 18.2 Å². The third-order valence-corrected chi connectivity index (χ3v) is 4.23. The van der Waals surface area contributed by atoms with Gasteiger partial charge in [0.25, 0.3) is 0 Å². The molecule has 1 amide bonds. The molecular weight excluding hydrogens is 284 g/mol. The number of carbonyl (C=O) groups is 1. The molecule has 1 aliphatic heterocycles. The number of halogens is 1. The third kappa shape index (κ3) is 5.33. The van der Waals surface area contributed by atoms with E-state index in [0.717, 1.165) is 25.8 Å². The molecule has 4 heteroatoms. The summed E-state index contributed by atoms with van der Waals surface area (Å²) in [6, 6.07) is 7.11. The van der Waals surface area contributed by atoms with Crippen LogP contribution in [0.4, 0.5) is 0 Å². The highest BCUT2D eigenvalue weighted by molar-refractivity contribution is 5.85. The van der Waals surface area contributed by atoms with Crippen LogP contribution < -0.4 is 10.6 Å². The Morgan fingerprint density at radius 1 is 1.38 bits per heavy atom. The predicted octanol–water partition coefficient (Wildman–Crippen LogP) is 2.91. The minimum Gasteiger partial charge on any atom is -0.352 e. The maximum absolute atomic E-state index is 12.1. The second-order valence-electron chi connectivity index (χ2n) is 5.99. The summed E-state index contributed by atoms with van der Waals surface area (Å²) in [5.74, 6) is 0.172. The van der Waals surface area contributed by atoms with Gasteiger partial charge in [0.15, 0.2) is 0 Å². The number of benzene rings is 1. The van der Waals surface area contributed by atoms with Crippen molar-refractivity contribution in [3.05, 3.63) is 34.9 Å². The lowest BCUT2D eigenvalue weighted by atomic mass is 9.98. The molecule has 1 saturated heterocycles. The van der Waals surface area contributed by atoms with Crippen LogP contribution in [-0.2, 0) is 11.2 Å². The summed E-state index contributed by atoms with van der Waals surface area (Å²) in [5, 5.41) is 6.58. The summed E-state index contributed by atoms with van der Waals surface area (Å²) >= 11 is 0. The van der Waals surface area contributed by atoms with E-state index in [2.05, 4.69) is 49.6 Å². The number of carbonyl (C=O) groups excluding carboxylic acids is 1. The smallest absolute Gasteiger partial charge is 0.220 e. The molecule has 1 aliphatic rings. The molecule has 0 saturated carbocycles. The van der Waals surface area contributed by atoms with Gasteiger partial charge in [-0.2, -0.15) is 0 Å². The first-order chi connectivity index (χ1) is 9.56. The van der Waals surface area contributed by atoms with Gasteiger partial charge in [-0.1, -0.05) is 23.8 Å². The molecule has 1 aromatic carbocycles. The molecule has 2 N–H and O–H groups in total. The van der Waals surface area contributed by atoms with Gasteiger partial charge in [0.05, 0.1) is 0 Å². The van der Waals surface area contributed by atoms with E-state index in [1.165, 1.54) is 16.7 Å². The highest BCUT2D eigenvalue weighted by Gasteiger charge is 2.22. The fraction of sp³-hybridized carbons (Fsp3) is 0.588. The normalized spacial score (nSPS) is 21.5. The van der Waals surface area contributed by atoms with E-state index in [9.17, 15) is 4.79 Å². The van der Waals surface area contributed by atoms with Gasteiger partial charge in [-0.3, -0.25) is 4.79 Å². The molecule has 0 bridgehead atoms. The number of amides is 1. The van der Waals surface area contributed by atoms with Crippen LogP contribution in [0.2, 0.25) is 0 Å². The van der Waals surface area contributed by atoms with Crippen LogP contribution in [0.5, 0.6) is 0 Å². The average molecular weight is 311 g/mol. The fourth-order valence-electron chi connectivity index (χ4n) is 2.89. The van der Waals surface area contributed by atoms with Crippen molar-refractivity contribution in [1.29, 1.82) is 0 Å². The van der Waals surface area contributed by atoms with E-state index in [-0.39, 0.29) is 24.4 Å². The Bertz CT molecular complexity index is 476. The Balaban J connectivity index is 0.00000220. The van der Waals surface area contributed by atoms with Gasteiger partial charge in [-0.25, -0.2) is 0 Å². The van der Waals surface area contributed by atoms with Crippen LogP contribution in [0.25, 0.3) is 0 Å². The van der Waals surface area contributed by atoms with E-state index in [1.54, 1.807) is 0 Å². The van der Waals surface area contributed by atoms with Gasteiger partial charge < -0.3 is 10.6 Å². The number of rotatable bonds is 4. The SMILES string of the molecule is Cc1ccc(CCC(=O)NC2CCCNC2C)c(C)c1.Cl. The summed E-state index contributed by atoms with van der Waals surface area (Å²) in [6.07, 6.45) is 3.63. The summed E-state index contributed by atoms with van der Waals surface area (Å²) < 4.78 is 0. The molecule has 3 nitrogen and oxygen atoms in total. The van der Waals surface area contributed by atoms with Gasteiger partial charge in [0.1, 0.15) is 0 Å². The first-order valence-corrected chi connectivity index (χ1v) is 7.65. The molecule has 2 rings (SSSR count). The van der Waals surface area contributed by atoms with Crippen molar-refractivity contribution in [2.24, 2.45) is 0 Å². The molecule has 2 atom stereocenters. The zero-order valence-electron chi connectivity index (χ0n) is 13.2. The molecule has 1 heterocycles. The Kier molecular flexibility index (Phi) is 7.20. The molecule has 1 aromatic rings. The summed E-state index contributed by atoms with van der Waals surface area (Å²) in [6.45, 7) is 7.43. The van der Waals surface area contributed by atoms with Gasteiger partial charge >= 0.3 is 0 Å². The fourth-order valence-corrected chi connectivity index (χ4v) is 2.89. The van der Waals surface area contributed by atoms with Crippen molar-refractivity contribution < 1.29 is 4.79 Å². The van der Waals surface area contributed by atoms with E-state index in [4.69, 9.17) is 0 Å². The Morgan fingerprint density at radius 3 is 2.81 bits per heavy atom. The van der Waals surface area contributed by atoms with E-state index < -0.39 is 0 Å². The summed E-state index contributed by atoms with van der Waals surface area (Å²) in [4.78, 5) is 12.1. The van der Waals surface area contributed by atoms with E-state index in [0.29, 0.717) is 12.5 Å². The lowest BCUT2D eigenvalue weighted by Crippen LogP contribution is -2.51. The van der Waals surface area contributed by atoms with Crippen LogP contribution in [0.1, 0.15) is 42.9 Å². The zero-order valence-corrected chi connectivity index (χ0v) is 14.1. The monoisotopic (exact) mass is 310 g/mol. The lowest BCUT2D eigenvalue weighted by Gasteiger charge is -2.30. The Morgan fingerprint density at radius 2 is 2.14 bits per heavy atom. The van der Waals surface area contributed by atoms with E-state index in [1.807, 2.05) is 0 Å². The second kappa shape index (κ2) is 8.40. The van der Waals surface area contributed by atoms with Crippen molar-refractivity contribution in [1.82, 2.24) is 10.6 Å².